The van der Waals surface area contributed by atoms with Gasteiger partial charge in [0.15, 0.2) is 5.69 Å². The molecule has 2 atom stereocenters. The SMILES string of the molecule is CCc1nn2c(-c3c(C)cc(C)cc3OCc3c(C)cc(C)cc3OCF)cccc2c1[N+](C)(CC1CC1)C1CCOC1. The van der Waals surface area contributed by atoms with Crippen LogP contribution >= 0.6 is 0 Å². The van der Waals surface area contributed by atoms with Gasteiger partial charge in [-0.1, -0.05) is 25.1 Å². The number of benzene rings is 2. The number of halogens is 1. The number of nitrogens with zero attached hydrogens (tertiary/aromatic N) is 3. The Hall–Kier alpha value is -3.42. The standard InChI is InChI=1S/C36H45FN3O3/c1-7-30-36(40(6,19-27-11-12-27)28-13-14-41-20-28)32-10-8-9-31(39(32)38-30)35-26(5)16-24(3)18-34(35)42-21-29-25(4)15-23(2)17-33(29)43-22-37/h8-10,15-18,27-28H,7,11-14,19-22H2,1-6H3/q+1. The molecule has 0 N–H and O–H groups in total. The lowest BCUT2D eigenvalue weighted by atomic mass is 10.00. The summed E-state index contributed by atoms with van der Waals surface area (Å²) in [5.41, 5.74) is 10.8. The van der Waals surface area contributed by atoms with Gasteiger partial charge in [0, 0.05) is 23.5 Å². The Kier molecular flexibility index (Phi) is 8.22. The van der Waals surface area contributed by atoms with Crippen molar-refractivity contribution in [1.82, 2.24) is 14.1 Å². The smallest absolute Gasteiger partial charge is 0.228 e. The van der Waals surface area contributed by atoms with Gasteiger partial charge in [0.25, 0.3) is 0 Å². The minimum absolute atomic E-state index is 0.274. The highest BCUT2D eigenvalue weighted by Crippen LogP contribution is 2.43. The number of aromatic nitrogens is 2. The normalized spacial score (nSPS) is 18.3. The molecule has 1 saturated heterocycles. The van der Waals surface area contributed by atoms with Gasteiger partial charge in [0.2, 0.25) is 6.86 Å². The molecule has 2 unspecified atom stereocenters. The van der Waals surface area contributed by atoms with E-state index < -0.39 is 6.86 Å². The van der Waals surface area contributed by atoms with Gasteiger partial charge in [-0.3, -0.25) is 4.48 Å². The van der Waals surface area contributed by atoms with Gasteiger partial charge in [0.05, 0.1) is 32.5 Å². The first-order valence-corrected chi connectivity index (χ1v) is 15.7. The molecule has 2 aliphatic rings. The molecule has 0 spiro atoms. The van der Waals surface area contributed by atoms with Crippen molar-refractivity contribution in [1.29, 1.82) is 0 Å². The molecule has 4 aromatic rings. The highest BCUT2D eigenvalue weighted by molar-refractivity contribution is 5.80. The van der Waals surface area contributed by atoms with E-state index in [1.54, 1.807) is 0 Å². The van der Waals surface area contributed by atoms with Crippen LogP contribution in [0.5, 0.6) is 11.5 Å². The van der Waals surface area contributed by atoms with E-state index in [4.69, 9.17) is 19.3 Å². The largest absolute Gasteiger partial charge is 0.488 e. The lowest BCUT2D eigenvalue weighted by molar-refractivity contribution is 0.158. The number of pyridine rings is 1. The summed E-state index contributed by atoms with van der Waals surface area (Å²) in [6.45, 7) is 12.6. The van der Waals surface area contributed by atoms with Crippen LogP contribution < -0.4 is 14.0 Å². The molecule has 2 aromatic carbocycles. The summed E-state index contributed by atoms with van der Waals surface area (Å²) in [4.78, 5) is 0. The number of hydrogen-bond donors (Lipinski definition) is 0. The summed E-state index contributed by atoms with van der Waals surface area (Å²) in [6, 6.07) is 15.2. The molecule has 228 valence electrons. The number of aryl methyl sites for hydroxylation is 5. The van der Waals surface area contributed by atoms with Gasteiger partial charge in [0.1, 0.15) is 35.4 Å². The Labute approximate surface area is 255 Å². The van der Waals surface area contributed by atoms with E-state index in [0.29, 0.717) is 11.8 Å². The summed E-state index contributed by atoms with van der Waals surface area (Å²) >= 11 is 0. The molecule has 7 heteroatoms. The van der Waals surface area contributed by atoms with Gasteiger partial charge in [-0.15, -0.1) is 0 Å². The van der Waals surface area contributed by atoms with E-state index in [1.165, 1.54) is 18.5 Å². The first kappa shape index (κ1) is 29.6. The van der Waals surface area contributed by atoms with E-state index in [1.807, 2.05) is 19.9 Å². The molecule has 2 aromatic heterocycles. The topological polar surface area (TPSA) is 45.0 Å². The summed E-state index contributed by atoms with van der Waals surface area (Å²) in [7, 11) is 2.41. The first-order chi connectivity index (χ1) is 20.7. The maximum absolute atomic E-state index is 13.3. The molecule has 2 fully saturated rings. The zero-order chi connectivity index (χ0) is 30.3. The fourth-order valence-corrected chi connectivity index (χ4v) is 7.17. The molecule has 0 amide bonds. The van der Waals surface area contributed by atoms with Crippen LogP contribution in [0.1, 0.15) is 59.7 Å². The summed E-state index contributed by atoms with van der Waals surface area (Å²) in [6.07, 6.45) is 4.57. The molecule has 1 aliphatic heterocycles. The lowest BCUT2D eigenvalue weighted by Crippen LogP contribution is -2.55. The van der Waals surface area contributed by atoms with Crippen molar-refractivity contribution in [2.45, 2.75) is 73.0 Å². The van der Waals surface area contributed by atoms with Crippen LogP contribution in [0.25, 0.3) is 16.8 Å². The van der Waals surface area contributed by atoms with Gasteiger partial charge in [-0.05, 0) is 93.5 Å². The zero-order valence-electron chi connectivity index (χ0n) is 26.5. The highest BCUT2D eigenvalue weighted by atomic mass is 19.1. The second kappa shape index (κ2) is 11.9. The molecule has 0 radical (unpaired) electrons. The predicted molar refractivity (Wildman–Crippen MR) is 171 cm³/mol. The molecule has 6 nitrogen and oxygen atoms in total. The minimum atomic E-state index is -0.876. The van der Waals surface area contributed by atoms with Crippen molar-refractivity contribution >= 4 is 11.2 Å². The van der Waals surface area contributed by atoms with Crippen molar-refractivity contribution in [3.8, 4) is 22.8 Å². The average molecular weight is 587 g/mol. The van der Waals surface area contributed by atoms with Gasteiger partial charge < -0.3 is 14.2 Å². The second-order valence-electron chi connectivity index (χ2n) is 12.8. The Morgan fingerprint density at radius 2 is 1.72 bits per heavy atom. The van der Waals surface area contributed by atoms with E-state index in [9.17, 15) is 4.39 Å². The summed E-state index contributed by atoms with van der Waals surface area (Å²) < 4.78 is 34.2. The fourth-order valence-electron chi connectivity index (χ4n) is 7.17. The molecule has 43 heavy (non-hydrogen) atoms. The maximum Gasteiger partial charge on any atom is 0.228 e. The number of quaternary nitrogens is 1. The third-order valence-corrected chi connectivity index (χ3v) is 9.45. The average Bonchev–Trinajstić information content (AvgIpc) is 3.42. The molecule has 1 saturated carbocycles. The van der Waals surface area contributed by atoms with Crippen LogP contribution in [0.4, 0.5) is 10.1 Å². The number of ether oxygens (including phenoxy) is 3. The Bertz CT molecular complexity index is 1640. The van der Waals surface area contributed by atoms with E-state index in [2.05, 4.69) is 68.7 Å². The van der Waals surface area contributed by atoms with Crippen LogP contribution in [0.15, 0.2) is 42.5 Å². The number of rotatable bonds is 11. The van der Waals surface area contributed by atoms with Crippen LogP contribution in [0.2, 0.25) is 0 Å². The van der Waals surface area contributed by atoms with Crippen molar-refractivity contribution in [3.05, 3.63) is 76.0 Å². The number of likely N-dealkylation sites (N-methyl/N-ethyl adjacent to an activating group) is 1. The predicted octanol–water partition coefficient (Wildman–Crippen LogP) is 7.82. The van der Waals surface area contributed by atoms with Crippen LogP contribution in [-0.2, 0) is 17.8 Å². The third-order valence-electron chi connectivity index (χ3n) is 9.45. The monoisotopic (exact) mass is 586 g/mol. The van der Waals surface area contributed by atoms with E-state index in [-0.39, 0.29) is 6.61 Å². The molecular formula is C36H45FN3O3+. The number of hydrogen-bond acceptors (Lipinski definition) is 4. The van der Waals surface area contributed by atoms with Gasteiger partial charge >= 0.3 is 0 Å². The number of alkyl halides is 1. The molecule has 3 heterocycles. The zero-order valence-corrected chi connectivity index (χ0v) is 26.5. The number of fused-ring (bicyclic) bond motifs is 1. The van der Waals surface area contributed by atoms with Crippen molar-refractivity contribution in [2.75, 3.05) is 33.7 Å². The van der Waals surface area contributed by atoms with E-state index in [0.717, 1.165) is 99.0 Å². The van der Waals surface area contributed by atoms with Crippen molar-refractivity contribution < 1.29 is 18.6 Å². The summed E-state index contributed by atoms with van der Waals surface area (Å²) in [5.74, 6) is 2.08. The van der Waals surface area contributed by atoms with E-state index >= 15 is 0 Å². The Balaban J connectivity index is 1.47. The van der Waals surface area contributed by atoms with Gasteiger partial charge in [-0.25, -0.2) is 8.91 Å². The van der Waals surface area contributed by atoms with Crippen LogP contribution in [0, 0.1) is 33.6 Å². The minimum Gasteiger partial charge on any atom is -0.488 e. The maximum atomic E-state index is 13.3. The van der Waals surface area contributed by atoms with Crippen LogP contribution in [0.3, 0.4) is 0 Å². The molecular weight excluding hydrogens is 541 g/mol. The van der Waals surface area contributed by atoms with Crippen LogP contribution in [-0.4, -0.2) is 49.3 Å². The Morgan fingerprint density at radius 3 is 2.40 bits per heavy atom. The quantitative estimate of drug-likeness (QED) is 0.168. The van der Waals surface area contributed by atoms with Crippen molar-refractivity contribution in [2.24, 2.45) is 5.92 Å². The first-order valence-electron chi connectivity index (χ1n) is 15.7. The molecule has 1 aliphatic carbocycles. The van der Waals surface area contributed by atoms with Crippen molar-refractivity contribution in [3.63, 3.8) is 0 Å². The van der Waals surface area contributed by atoms with Gasteiger partial charge in [-0.2, -0.15) is 5.10 Å². The molecule has 0 bridgehead atoms. The Morgan fingerprint density at radius 1 is 0.977 bits per heavy atom. The summed E-state index contributed by atoms with van der Waals surface area (Å²) in [5, 5.41) is 5.30. The molecule has 6 rings (SSSR count). The highest BCUT2D eigenvalue weighted by Gasteiger charge is 2.45. The third kappa shape index (κ3) is 5.65. The lowest BCUT2D eigenvalue weighted by Gasteiger charge is -2.39. The fraction of sp³-hybridized carbons (Fsp3) is 0.472. The second-order valence-corrected chi connectivity index (χ2v) is 12.8.